The van der Waals surface area contributed by atoms with Crippen LogP contribution in [-0.2, 0) is 9.53 Å². The fourth-order valence-electron chi connectivity index (χ4n) is 5.51. The molecule has 2 unspecified atom stereocenters. The Morgan fingerprint density at radius 2 is 1.14 bits per heavy atom. The van der Waals surface area contributed by atoms with E-state index in [0.717, 1.165) is 90.4 Å². The maximum Gasteiger partial charge on any atom is 0.306 e. The van der Waals surface area contributed by atoms with Gasteiger partial charge in [0.15, 0.2) is 0 Å². The quantitative estimate of drug-likeness (QED) is 0.0519. The summed E-state index contributed by atoms with van der Waals surface area (Å²) < 4.78 is 6.00. The van der Waals surface area contributed by atoms with Crippen LogP contribution < -0.4 is 5.32 Å². The molecule has 0 aliphatic heterocycles. The van der Waals surface area contributed by atoms with Crippen LogP contribution in [0, 0.1) is 0 Å². The van der Waals surface area contributed by atoms with Crippen molar-refractivity contribution in [1.29, 1.82) is 0 Å². The highest BCUT2D eigenvalue weighted by molar-refractivity contribution is 5.69. The Balaban J connectivity index is 4.21. The van der Waals surface area contributed by atoms with Crippen LogP contribution in [-0.4, -0.2) is 72.1 Å². The number of rotatable bonds is 33. The van der Waals surface area contributed by atoms with Crippen LogP contribution >= 0.6 is 0 Å². The number of esters is 1. The van der Waals surface area contributed by atoms with Gasteiger partial charge in [-0.1, -0.05) is 111 Å². The first-order valence-corrected chi connectivity index (χ1v) is 18.4. The molecule has 0 saturated heterocycles. The molecule has 0 aromatic heterocycles. The Kier molecular flexibility index (Phi) is 31.2. The van der Waals surface area contributed by atoms with E-state index >= 15 is 0 Å². The van der Waals surface area contributed by atoms with Gasteiger partial charge in [-0.2, -0.15) is 0 Å². The lowest BCUT2D eigenvalue weighted by Gasteiger charge is -2.25. The Morgan fingerprint density at radius 1 is 0.643 bits per heavy atom. The van der Waals surface area contributed by atoms with Gasteiger partial charge in [0, 0.05) is 19.5 Å². The normalized spacial score (nSPS) is 13.2. The number of carbonyl (C=O) groups excluding carboxylic acids is 1. The van der Waals surface area contributed by atoms with Gasteiger partial charge in [-0.25, -0.2) is 0 Å². The number of ether oxygens (including phenoxy) is 1. The summed E-state index contributed by atoms with van der Waals surface area (Å²) in [6, 6.07) is 0. The molecule has 0 amide bonds. The van der Waals surface area contributed by atoms with Crippen LogP contribution in [0.2, 0.25) is 0 Å². The first-order chi connectivity index (χ1) is 20.5. The minimum atomic E-state index is -0.267. The molecular formula is C36H74N2O4. The summed E-state index contributed by atoms with van der Waals surface area (Å²) in [5.74, 6) is 0.0109. The number of hydrogen-bond acceptors (Lipinski definition) is 6. The fraction of sp³-hybridized carbons (Fsp3) is 0.972. The summed E-state index contributed by atoms with van der Waals surface area (Å²) in [6.07, 6.45) is 25.6. The Hall–Kier alpha value is -0.690. The topological polar surface area (TPSA) is 82.0 Å². The van der Waals surface area contributed by atoms with Gasteiger partial charge in [-0.15, -0.1) is 0 Å². The predicted molar refractivity (Wildman–Crippen MR) is 180 cm³/mol. The second-order valence-electron chi connectivity index (χ2n) is 12.7. The molecule has 0 rings (SSSR count). The first kappa shape index (κ1) is 41.3. The first-order valence-electron chi connectivity index (χ1n) is 18.4. The van der Waals surface area contributed by atoms with E-state index in [1.54, 1.807) is 0 Å². The maximum atomic E-state index is 12.6. The van der Waals surface area contributed by atoms with Crippen LogP contribution in [0.25, 0.3) is 0 Å². The van der Waals surface area contributed by atoms with Crippen LogP contribution in [0.4, 0.5) is 0 Å². The van der Waals surface area contributed by atoms with E-state index < -0.39 is 0 Å². The molecule has 0 aromatic carbocycles. The lowest BCUT2D eigenvalue weighted by molar-refractivity contribution is -0.150. The predicted octanol–water partition coefficient (Wildman–Crippen LogP) is 8.56. The van der Waals surface area contributed by atoms with Gasteiger partial charge in [0.05, 0.1) is 12.2 Å². The third kappa shape index (κ3) is 28.1. The van der Waals surface area contributed by atoms with E-state index in [-0.39, 0.29) is 24.3 Å². The molecule has 3 N–H and O–H groups in total. The minimum Gasteiger partial charge on any atom is -0.462 e. The van der Waals surface area contributed by atoms with Gasteiger partial charge in [0.25, 0.3) is 0 Å². The van der Waals surface area contributed by atoms with E-state index in [1.807, 2.05) is 13.8 Å². The highest BCUT2D eigenvalue weighted by Crippen LogP contribution is 2.18. The molecule has 0 saturated carbocycles. The van der Waals surface area contributed by atoms with Crippen molar-refractivity contribution in [2.45, 2.75) is 194 Å². The van der Waals surface area contributed by atoms with Crippen LogP contribution in [0.1, 0.15) is 175 Å². The third-order valence-electron chi connectivity index (χ3n) is 8.53. The van der Waals surface area contributed by atoms with Crippen LogP contribution in [0.5, 0.6) is 0 Å². The Bertz CT molecular complexity index is 547. The van der Waals surface area contributed by atoms with Crippen molar-refractivity contribution >= 4 is 5.97 Å². The summed E-state index contributed by atoms with van der Waals surface area (Å²) in [4.78, 5) is 15.0. The molecule has 42 heavy (non-hydrogen) atoms. The lowest BCUT2D eigenvalue weighted by atomic mass is 10.0. The fourth-order valence-corrected chi connectivity index (χ4v) is 5.51. The zero-order valence-electron chi connectivity index (χ0n) is 28.7. The summed E-state index contributed by atoms with van der Waals surface area (Å²) in [5, 5.41) is 23.2. The number of aliphatic hydroxyl groups is 2. The molecule has 0 heterocycles. The van der Waals surface area contributed by atoms with Crippen molar-refractivity contribution in [3.63, 3.8) is 0 Å². The molecule has 2 atom stereocenters. The SMILES string of the molecule is CCCCCCCCC(CCCCCCCC)OC(=O)CCCCCCCN(CCCNCC(O)CC)CC(O)CC. The second kappa shape index (κ2) is 31.7. The number of hydrogen-bond donors (Lipinski definition) is 3. The van der Waals surface area contributed by atoms with E-state index in [2.05, 4.69) is 24.1 Å². The van der Waals surface area contributed by atoms with Crippen LogP contribution in [0.3, 0.4) is 0 Å². The molecule has 252 valence electrons. The van der Waals surface area contributed by atoms with Crippen molar-refractivity contribution in [2.24, 2.45) is 0 Å². The molecule has 0 spiro atoms. The number of nitrogens with one attached hydrogen (secondary N) is 1. The molecule has 0 fully saturated rings. The van der Waals surface area contributed by atoms with Gasteiger partial charge >= 0.3 is 5.97 Å². The summed E-state index contributed by atoms with van der Waals surface area (Å²) in [5.41, 5.74) is 0. The van der Waals surface area contributed by atoms with Crippen molar-refractivity contribution in [1.82, 2.24) is 10.2 Å². The molecule has 0 aliphatic rings. The van der Waals surface area contributed by atoms with Gasteiger partial charge in [-0.05, 0) is 77.4 Å². The average molecular weight is 599 g/mol. The van der Waals surface area contributed by atoms with Crippen molar-refractivity contribution < 1.29 is 19.7 Å². The third-order valence-corrected chi connectivity index (χ3v) is 8.53. The van der Waals surface area contributed by atoms with E-state index in [1.165, 1.54) is 77.0 Å². The summed E-state index contributed by atoms with van der Waals surface area (Å²) in [7, 11) is 0. The number of carbonyl (C=O) groups is 1. The Labute approximate surface area is 262 Å². The van der Waals surface area contributed by atoms with Gasteiger partial charge in [0.2, 0.25) is 0 Å². The van der Waals surface area contributed by atoms with Crippen molar-refractivity contribution in [3.05, 3.63) is 0 Å². The zero-order valence-corrected chi connectivity index (χ0v) is 28.7. The second-order valence-corrected chi connectivity index (χ2v) is 12.7. The summed E-state index contributed by atoms with van der Waals surface area (Å²) >= 11 is 0. The molecular weight excluding hydrogens is 524 g/mol. The molecule has 0 bridgehead atoms. The smallest absolute Gasteiger partial charge is 0.306 e. The lowest BCUT2D eigenvalue weighted by Crippen LogP contribution is -2.35. The molecule has 6 heteroatoms. The van der Waals surface area contributed by atoms with Crippen molar-refractivity contribution in [3.8, 4) is 0 Å². The van der Waals surface area contributed by atoms with Gasteiger partial charge in [0.1, 0.15) is 6.10 Å². The van der Waals surface area contributed by atoms with Gasteiger partial charge in [-0.3, -0.25) is 4.79 Å². The highest BCUT2D eigenvalue weighted by atomic mass is 16.5. The zero-order chi connectivity index (χ0) is 31.1. The van der Waals surface area contributed by atoms with E-state index in [4.69, 9.17) is 4.74 Å². The molecule has 6 nitrogen and oxygen atoms in total. The monoisotopic (exact) mass is 599 g/mol. The number of nitrogens with zero attached hydrogens (tertiary/aromatic N) is 1. The van der Waals surface area contributed by atoms with Gasteiger partial charge < -0.3 is 25.2 Å². The highest BCUT2D eigenvalue weighted by Gasteiger charge is 2.14. The standard InChI is InChI=1S/C36H74N2O4/c1-5-9-11-13-16-20-25-35(26-21-17-14-12-10-6-2)42-36(41)27-22-18-15-19-23-29-38(32-34(40)8-4)30-24-28-37-31-33(39)7-3/h33-35,37,39-40H,5-32H2,1-4H3. The van der Waals surface area contributed by atoms with Crippen LogP contribution in [0.15, 0.2) is 0 Å². The average Bonchev–Trinajstić information content (AvgIpc) is 2.99. The van der Waals surface area contributed by atoms with E-state index in [9.17, 15) is 15.0 Å². The maximum absolute atomic E-state index is 12.6. The molecule has 0 aromatic rings. The van der Waals surface area contributed by atoms with E-state index in [0.29, 0.717) is 13.0 Å². The Morgan fingerprint density at radius 3 is 1.71 bits per heavy atom. The largest absolute Gasteiger partial charge is 0.462 e. The number of unbranched alkanes of at least 4 members (excludes halogenated alkanes) is 14. The number of aliphatic hydroxyl groups excluding tert-OH is 2. The molecule has 0 radical (unpaired) electrons. The summed E-state index contributed by atoms with van der Waals surface area (Å²) in [6.45, 7) is 12.8. The molecule has 0 aliphatic carbocycles. The minimum absolute atomic E-state index is 0.0109. The van der Waals surface area contributed by atoms with Crippen molar-refractivity contribution in [2.75, 3.05) is 32.7 Å².